The van der Waals surface area contributed by atoms with Gasteiger partial charge in [-0.3, -0.25) is 4.79 Å². The molecule has 1 aromatic rings. The zero-order valence-corrected chi connectivity index (χ0v) is 12.0. The quantitative estimate of drug-likeness (QED) is 0.843. The molecule has 104 valence electrons. The highest BCUT2D eigenvalue weighted by Gasteiger charge is 2.19. The van der Waals surface area contributed by atoms with Crippen LogP contribution < -0.4 is 5.32 Å². The molecule has 1 N–H and O–H groups in total. The van der Waals surface area contributed by atoms with Crippen LogP contribution in [-0.4, -0.2) is 42.0 Å². The van der Waals surface area contributed by atoms with Crippen molar-refractivity contribution in [3.05, 3.63) is 29.0 Å². The second kappa shape index (κ2) is 6.87. The Morgan fingerprint density at radius 1 is 1.47 bits per heavy atom. The second-order valence-corrected chi connectivity index (χ2v) is 5.41. The first-order valence-corrected chi connectivity index (χ1v) is 7.15. The minimum absolute atomic E-state index is 0.165. The number of pyridine rings is 1. The van der Waals surface area contributed by atoms with E-state index in [4.69, 9.17) is 11.6 Å². The number of hydrogen-bond donors (Lipinski definition) is 1. The van der Waals surface area contributed by atoms with E-state index < -0.39 is 0 Å². The van der Waals surface area contributed by atoms with Crippen molar-refractivity contribution in [1.82, 2.24) is 15.2 Å². The first-order valence-electron chi connectivity index (χ1n) is 6.78. The fraction of sp³-hybridized carbons (Fsp3) is 0.571. The van der Waals surface area contributed by atoms with Crippen LogP contribution in [0.5, 0.6) is 0 Å². The minimum atomic E-state index is -0.165. The summed E-state index contributed by atoms with van der Waals surface area (Å²) in [5.41, 5.74) is 0.371. The van der Waals surface area contributed by atoms with E-state index in [1.807, 2.05) is 0 Å². The van der Waals surface area contributed by atoms with Crippen LogP contribution in [0, 0.1) is 0 Å². The highest BCUT2D eigenvalue weighted by Crippen LogP contribution is 2.21. The minimum Gasteiger partial charge on any atom is -0.349 e. The third-order valence-electron chi connectivity index (χ3n) is 3.65. The van der Waals surface area contributed by atoms with Crippen molar-refractivity contribution in [3.8, 4) is 0 Å². The van der Waals surface area contributed by atoms with Crippen LogP contribution in [0.4, 0.5) is 0 Å². The van der Waals surface area contributed by atoms with Gasteiger partial charge in [0, 0.05) is 19.1 Å². The van der Waals surface area contributed by atoms with E-state index in [-0.39, 0.29) is 5.91 Å². The fourth-order valence-corrected chi connectivity index (χ4v) is 2.66. The lowest BCUT2D eigenvalue weighted by Crippen LogP contribution is -2.37. The molecule has 0 unspecified atom stereocenters. The van der Waals surface area contributed by atoms with Gasteiger partial charge in [-0.2, -0.15) is 0 Å². The van der Waals surface area contributed by atoms with Gasteiger partial charge in [0.25, 0.3) is 5.91 Å². The molecule has 0 aromatic carbocycles. The highest BCUT2D eigenvalue weighted by molar-refractivity contribution is 6.29. The molecule has 1 fully saturated rings. The van der Waals surface area contributed by atoms with Gasteiger partial charge < -0.3 is 10.2 Å². The summed E-state index contributed by atoms with van der Waals surface area (Å²) < 4.78 is 0. The van der Waals surface area contributed by atoms with Gasteiger partial charge in [-0.05, 0) is 32.0 Å². The molecular weight excluding hydrogens is 262 g/mol. The van der Waals surface area contributed by atoms with Crippen LogP contribution in [0.2, 0.25) is 5.15 Å². The van der Waals surface area contributed by atoms with E-state index in [1.165, 1.54) is 25.7 Å². The Hall–Kier alpha value is -1.13. The van der Waals surface area contributed by atoms with Crippen molar-refractivity contribution < 1.29 is 4.79 Å². The Balaban J connectivity index is 1.74. The number of carbonyl (C=O) groups excluding carboxylic acids is 1. The van der Waals surface area contributed by atoms with Crippen LogP contribution in [0.1, 0.15) is 36.2 Å². The number of nitrogens with zero attached hydrogens (tertiary/aromatic N) is 2. The Morgan fingerprint density at radius 3 is 2.89 bits per heavy atom. The summed E-state index contributed by atoms with van der Waals surface area (Å²) in [4.78, 5) is 18.2. The summed E-state index contributed by atoms with van der Waals surface area (Å²) in [7, 11) is 2.12. The SMILES string of the molecule is CN(CCNC(=O)c1cccc(Cl)n1)C1CCCC1. The second-order valence-electron chi connectivity index (χ2n) is 5.02. The molecule has 1 aliphatic rings. The van der Waals surface area contributed by atoms with E-state index in [2.05, 4.69) is 22.2 Å². The number of hydrogen-bond acceptors (Lipinski definition) is 3. The molecule has 0 atom stereocenters. The zero-order chi connectivity index (χ0) is 13.7. The molecule has 19 heavy (non-hydrogen) atoms. The molecule has 2 rings (SSSR count). The van der Waals surface area contributed by atoms with Crippen LogP contribution in [0.3, 0.4) is 0 Å². The lowest BCUT2D eigenvalue weighted by molar-refractivity contribution is 0.0942. The van der Waals surface area contributed by atoms with E-state index in [0.29, 0.717) is 23.4 Å². The predicted molar refractivity (Wildman–Crippen MR) is 76.5 cm³/mol. The van der Waals surface area contributed by atoms with Crippen molar-refractivity contribution >= 4 is 17.5 Å². The van der Waals surface area contributed by atoms with E-state index in [1.54, 1.807) is 18.2 Å². The molecule has 0 aliphatic heterocycles. The molecule has 1 aromatic heterocycles. The summed E-state index contributed by atoms with van der Waals surface area (Å²) in [6, 6.07) is 5.74. The summed E-state index contributed by atoms with van der Waals surface area (Å²) >= 11 is 5.76. The van der Waals surface area contributed by atoms with Crippen molar-refractivity contribution in [2.24, 2.45) is 0 Å². The molecule has 4 nitrogen and oxygen atoms in total. The Bertz CT molecular complexity index is 432. The summed E-state index contributed by atoms with van der Waals surface area (Å²) in [6.45, 7) is 1.51. The highest BCUT2D eigenvalue weighted by atomic mass is 35.5. The molecule has 5 heteroatoms. The number of amides is 1. The molecule has 0 bridgehead atoms. The van der Waals surface area contributed by atoms with Gasteiger partial charge in [-0.25, -0.2) is 4.98 Å². The predicted octanol–water partition coefficient (Wildman–Crippen LogP) is 2.34. The average Bonchev–Trinajstić information content (AvgIpc) is 2.92. The van der Waals surface area contributed by atoms with Crippen LogP contribution in [0.25, 0.3) is 0 Å². The maximum absolute atomic E-state index is 11.8. The number of rotatable bonds is 5. The standard InChI is InChI=1S/C14H20ClN3O/c1-18(11-5-2-3-6-11)10-9-16-14(19)12-7-4-8-13(15)17-12/h4,7-8,11H,2-3,5-6,9-10H2,1H3,(H,16,19). The number of halogens is 1. The Kier molecular flexibility index (Phi) is 5.16. The smallest absolute Gasteiger partial charge is 0.269 e. The molecule has 1 heterocycles. The van der Waals surface area contributed by atoms with Crippen molar-refractivity contribution in [3.63, 3.8) is 0 Å². The maximum atomic E-state index is 11.8. The third-order valence-corrected chi connectivity index (χ3v) is 3.86. The molecular formula is C14H20ClN3O. The normalized spacial score (nSPS) is 15.9. The van der Waals surface area contributed by atoms with E-state index >= 15 is 0 Å². The molecule has 1 saturated carbocycles. The first kappa shape index (κ1) is 14.3. The van der Waals surface area contributed by atoms with Gasteiger partial charge in [0.1, 0.15) is 10.8 Å². The zero-order valence-electron chi connectivity index (χ0n) is 11.2. The lowest BCUT2D eigenvalue weighted by Gasteiger charge is -2.23. The van der Waals surface area contributed by atoms with Gasteiger partial charge in [0.2, 0.25) is 0 Å². The molecule has 0 radical (unpaired) electrons. The maximum Gasteiger partial charge on any atom is 0.269 e. The van der Waals surface area contributed by atoms with Gasteiger partial charge in [0.05, 0.1) is 0 Å². The van der Waals surface area contributed by atoms with Gasteiger partial charge >= 0.3 is 0 Å². The molecule has 1 amide bonds. The number of carbonyl (C=O) groups is 1. The van der Waals surface area contributed by atoms with E-state index in [0.717, 1.165) is 6.54 Å². The number of nitrogens with one attached hydrogen (secondary N) is 1. The van der Waals surface area contributed by atoms with Gasteiger partial charge in [0.15, 0.2) is 0 Å². The topological polar surface area (TPSA) is 45.2 Å². The van der Waals surface area contributed by atoms with Crippen LogP contribution >= 0.6 is 11.6 Å². The van der Waals surface area contributed by atoms with Crippen LogP contribution in [-0.2, 0) is 0 Å². The molecule has 0 saturated heterocycles. The van der Waals surface area contributed by atoms with Crippen molar-refractivity contribution in [2.75, 3.05) is 20.1 Å². The van der Waals surface area contributed by atoms with Gasteiger partial charge in [-0.15, -0.1) is 0 Å². The largest absolute Gasteiger partial charge is 0.349 e. The molecule has 1 aliphatic carbocycles. The summed E-state index contributed by atoms with van der Waals surface area (Å²) in [6.07, 6.45) is 5.21. The summed E-state index contributed by atoms with van der Waals surface area (Å²) in [5, 5.41) is 3.22. The number of aromatic nitrogens is 1. The Labute approximate surface area is 119 Å². The fourth-order valence-electron chi connectivity index (χ4n) is 2.50. The number of likely N-dealkylation sites (N-methyl/N-ethyl adjacent to an activating group) is 1. The van der Waals surface area contributed by atoms with Crippen LogP contribution in [0.15, 0.2) is 18.2 Å². The van der Waals surface area contributed by atoms with Gasteiger partial charge in [-0.1, -0.05) is 30.5 Å². The Morgan fingerprint density at radius 2 is 2.21 bits per heavy atom. The summed E-state index contributed by atoms with van der Waals surface area (Å²) in [5.74, 6) is -0.165. The monoisotopic (exact) mass is 281 g/mol. The molecule has 0 spiro atoms. The first-order chi connectivity index (χ1) is 9.16. The van der Waals surface area contributed by atoms with E-state index in [9.17, 15) is 4.79 Å². The lowest BCUT2D eigenvalue weighted by atomic mass is 10.2. The average molecular weight is 282 g/mol. The third kappa shape index (κ3) is 4.18. The van der Waals surface area contributed by atoms with Crippen molar-refractivity contribution in [1.29, 1.82) is 0 Å². The van der Waals surface area contributed by atoms with Crippen molar-refractivity contribution in [2.45, 2.75) is 31.7 Å².